The Bertz CT molecular complexity index is 686. The van der Waals surface area contributed by atoms with Gasteiger partial charge in [0.25, 0.3) is 5.91 Å². The largest absolute Gasteiger partial charge is 0.355 e. The number of carbonyl (C=O) groups is 3. The van der Waals surface area contributed by atoms with Crippen LogP contribution in [0.15, 0.2) is 29.3 Å². The van der Waals surface area contributed by atoms with Crippen LogP contribution < -0.4 is 5.32 Å². The minimum absolute atomic E-state index is 0.0439. The zero-order valence-electron chi connectivity index (χ0n) is 15.3. The molecule has 0 aromatic carbocycles. The van der Waals surface area contributed by atoms with Gasteiger partial charge in [-0.2, -0.15) is 0 Å². The Morgan fingerprint density at radius 1 is 1.23 bits per heavy atom. The highest BCUT2D eigenvalue weighted by Gasteiger charge is 2.48. The number of amides is 4. The molecule has 0 aromatic rings. The van der Waals surface area contributed by atoms with Crippen LogP contribution in [0.4, 0.5) is 4.79 Å². The summed E-state index contributed by atoms with van der Waals surface area (Å²) in [5.74, 6) is 0.393. The number of hydrogen-bond acceptors (Lipinski definition) is 5. The van der Waals surface area contributed by atoms with Gasteiger partial charge < -0.3 is 15.1 Å². The molecule has 0 bridgehead atoms. The molecule has 4 amide bonds. The van der Waals surface area contributed by atoms with Crippen LogP contribution in [0.3, 0.4) is 0 Å². The van der Waals surface area contributed by atoms with Crippen LogP contribution in [0.5, 0.6) is 0 Å². The highest BCUT2D eigenvalue weighted by molar-refractivity contribution is 6.02. The van der Waals surface area contributed by atoms with E-state index in [0.717, 1.165) is 11.3 Å². The van der Waals surface area contributed by atoms with Crippen molar-refractivity contribution in [1.82, 2.24) is 20.0 Å². The first kappa shape index (κ1) is 18.2. The molecule has 8 heteroatoms. The summed E-state index contributed by atoms with van der Waals surface area (Å²) in [7, 11) is 3.05. The fraction of sp³-hybridized carbons (Fsp3) is 0.556. The highest BCUT2D eigenvalue weighted by Crippen LogP contribution is 2.24. The molecule has 0 spiro atoms. The quantitative estimate of drug-likeness (QED) is 0.772. The molecular formula is C18H25N5O3. The van der Waals surface area contributed by atoms with Crippen LogP contribution in [0.1, 0.15) is 13.3 Å². The lowest BCUT2D eigenvalue weighted by Crippen LogP contribution is -2.64. The third-order valence-electron chi connectivity index (χ3n) is 5.26. The van der Waals surface area contributed by atoms with Crippen molar-refractivity contribution in [3.8, 4) is 0 Å². The summed E-state index contributed by atoms with van der Waals surface area (Å²) >= 11 is 0. The first-order valence-corrected chi connectivity index (χ1v) is 8.85. The Morgan fingerprint density at radius 2 is 1.96 bits per heavy atom. The van der Waals surface area contributed by atoms with E-state index in [1.165, 1.54) is 18.3 Å². The minimum Gasteiger partial charge on any atom is -0.355 e. The standard InChI is InChI=1S/C18H25N5O3/c1-12-6-4-5-7-13(12)8-9-19-14(24)10-23-11-20-16-15(23)17(25)22(3)18(26)21(16)2/h4-7,11-13,15-16H,8-10H2,1-3H3,(H,19,24). The molecular weight excluding hydrogens is 334 g/mol. The van der Waals surface area contributed by atoms with Crippen molar-refractivity contribution in [2.45, 2.75) is 25.6 Å². The smallest absolute Gasteiger partial charge is 0.328 e. The minimum atomic E-state index is -0.639. The number of fused-ring (bicyclic) bond motifs is 1. The van der Waals surface area contributed by atoms with Gasteiger partial charge in [0, 0.05) is 20.6 Å². The summed E-state index contributed by atoms with van der Waals surface area (Å²) in [5, 5.41) is 2.91. The van der Waals surface area contributed by atoms with E-state index >= 15 is 0 Å². The molecule has 1 aliphatic carbocycles. The summed E-state index contributed by atoms with van der Waals surface area (Å²) in [6.45, 7) is 2.79. The van der Waals surface area contributed by atoms with E-state index in [-0.39, 0.29) is 24.4 Å². The number of aliphatic imine (C=N–C) groups is 1. The van der Waals surface area contributed by atoms with Crippen LogP contribution in [0.2, 0.25) is 0 Å². The lowest BCUT2D eigenvalue weighted by molar-refractivity contribution is -0.136. The number of hydrogen-bond donors (Lipinski definition) is 1. The van der Waals surface area contributed by atoms with Gasteiger partial charge >= 0.3 is 6.03 Å². The topological polar surface area (TPSA) is 85.3 Å². The average molecular weight is 359 g/mol. The molecule has 0 saturated carbocycles. The molecule has 140 valence electrons. The number of likely N-dealkylation sites (N-methyl/N-ethyl adjacent to an activating group) is 2. The lowest BCUT2D eigenvalue weighted by atomic mass is 9.87. The number of urea groups is 1. The Labute approximate surface area is 153 Å². The number of imide groups is 1. The van der Waals surface area contributed by atoms with Gasteiger partial charge in [0.15, 0.2) is 12.2 Å². The molecule has 3 rings (SSSR count). The van der Waals surface area contributed by atoms with Crippen LogP contribution in [-0.2, 0) is 9.59 Å². The van der Waals surface area contributed by atoms with Gasteiger partial charge in [-0.05, 0) is 18.3 Å². The number of rotatable bonds is 5. The van der Waals surface area contributed by atoms with Gasteiger partial charge in [0.05, 0.1) is 12.9 Å². The molecule has 2 heterocycles. The molecule has 1 fully saturated rings. The maximum atomic E-state index is 12.4. The van der Waals surface area contributed by atoms with Crippen molar-refractivity contribution in [3.63, 3.8) is 0 Å². The summed E-state index contributed by atoms with van der Waals surface area (Å²) in [4.78, 5) is 45.0. The van der Waals surface area contributed by atoms with E-state index in [4.69, 9.17) is 0 Å². The molecule has 4 unspecified atom stereocenters. The van der Waals surface area contributed by atoms with Crippen LogP contribution in [0.25, 0.3) is 0 Å². The second-order valence-corrected chi connectivity index (χ2v) is 7.02. The van der Waals surface area contributed by atoms with E-state index in [1.807, 2.05) is 12.2 Å². The second kappa shape index (κ2) is 7.31. The second-order valence-electron chi connectivity index (χ2n) is 7.02. The SMILES string of the molecule is CC1C=CC=CC1CCNC(=O)CN1C=NC2C1C(=O)N(C)C(=O)N2C. The Morgan fingerprint density at radius 3 is 2.69 bits per heavy atom. The van der Waals surface area contributed by atoms with Crippen molar-refractivity contribution in [3.05, 3.63) is 24.3 Å². The summed E-state index contributed by atoms with van der Waals surface area (Å²) < 4.78 is 0. The fourth-order valence-electron chi connectivity index (χ4n) is 3.56. The van der Waals surface area contributed by atoms with Crippen LogP contribution in [-0.4, -0.2) is 78.3 Å². The van der Waals surface area contributed by atoms with E-state index < -0.39 is 12.2 Å². The summed E-state index contributed by atoms with van der Waals surface area (Å²) in [5.41, 5.74) is 0. The van der Waals surface area contributed by atoms with Crippen molar-refractivity contribution in [2.24, 2.45) is 16.8 Å². The zero-order valence-corrected chi connectivity index (χ0v) is 15.3. The van der Waals surface area contributed by atoms with Gasteiger partial charge in [0.1, 0.15) is 0 Å². The molecule has 0 radical (unpaired) electrons. The van der Waals surface area contributed by atoms with Crippen LogP contribution >= 0.6 is 0 Å². The first-order valence-electron chi connectivity index (χ1n) is 8.85. The third kappa shape index (κ3) is 3.36. The first-order chi connectivity index (χ1) is 12.4. The third-order valence-corrected chi connectivity index (χ3v) is 5.26. The van der Waals surface area contributed by atoms with E-state index in [0.29, 0.717) is 18.4 Å². The van der Waals surface area contributed by atoms with Crippen molar-refractivity contribution < 1.29 is 14.4 Å². The van der Waals surface area contributed by atoms with Gasteiger partial charge in [-0.25, -0.2) is 9.79 Å². The average Bonchev–Trinajstić information content (AvgIpc) is 3.03. The lowest BCUT2D eigenvalue weighted by Gasteiger charge is -2.39. The monoisotopic (exact) mass is 359 g/mol. The van der Waals surface area contributed by atoms with Gasteiger partial charge in [-0.15, -0.1) is 0 Å². The fourth-order valence-corrected chi connectivity index (χ4v) is 3.56. The number of nitrogens with zero attached hydrogens (tertiary/aromatic N) is 4. The van der Waals surface area contributed by atoms with Gasteiger partial charge in [-0.3, -0.25) is 14.5 Å². The van der Waals surface area contributed by atoms with Crippen molar-refractivity contribution >= 4 is 24.2 Å². The molecule has 4 atom stereocenters. The van der Waals surface area contributed by atoms with Crippen LogP contribution in [0, 0.1) is 11.8 Å². The Kier molecular flexibility index (Phi) is 5.11. The normalized spacial score (nSPS) is 30.2. The predicted molar refractivity (Wildman–Crippen MR) is 97.3 cm³/mol. The Hall–Kier alpha value is -2.64. The number of carbonyl (C=O) groups excluding carboxylic acids is 3. The molecule has 0 aromatic heterocycles. The van der Waals surface area contributed by atoms with Crippen molar-refractivity contribution in [1.29, 1.82) is 0 Å². The van der Waals surface area contributed by atoms with Gasteiger partial charge in [0.2, 0.25) is 5.91 Å². The Balaban J connectivity index is 1.51. The number of nitrogens with one attached hydrogen (secondary N) is 1. The molecule has 1 saturated heterocycles. The maximum absolute atomic E-state index is 12.4. The number of allylic oxidation sites excluding steroid dienone is 4. The van der Waals surface area contributed by atoms with Gasteiger partial charge in [-0.1, -0.05) is 31.2 Å². The summed E-state index contributed by atoms with van der Waals surface area (Å²) in [6.07, 6.45) is 10.2. The van der Waals surface area contributed by atoms with E-state index in [9.17, 15) is 14.4 Å². The van der Waals surface area contributed by atoms with E-state index in [1.54, 1.807) is 11.9 Å². The summed E-state index contributed by atoms with van der Waals surface area (Å²) in [6, 6.07) is -1.02. The molecule has 3 aliphatic rings. The van der Waals surface area contributed by atoms with Crippen molar-refractivity contribution in [2.75, 3.05) is 27.2 Å². The van der Waals surface area contributed by atoms with E-state index in [2.05, 4.69) is 29.4 Å². The molecule has 2 aliphatic heterocycles. The highest BCUT2D eigenvalue weighted by atomic mass is 16.2. The molecule has 1 N–H and O–H groups in total. The predicted octanol–water partition coefficient (Wildman–Crippen LogP) is 0.433. The maximum Gasteiger partial charge on any atom is 0.328 e. The molecule has 26 heavy (non-hydrogen) atoms. The molecule has 8 nitrogen and oxygen atoms in total. The zero-order chi connectivity index (χ0) is 18.8.